The summed E-state index contributed by atoms with van der Waals surface area (Å²) in [7, 11) is 2.83. The molecule has 3 heterocycles. The molecule has 0 amide bonds. The van der Waals surface area contributed by atoms with Crippen molar-refractivity contribution in [1.29, 1.82) is 0 Å². The summed E-state index contributed by atoms with van der Waals surface area (Å²) in [5.41, 5.74) is -0.260. The van der Waals surface area contributed by atoms with E-state index in [1.165, 1.54) is 29.4 Å². The van der Waals surface area contributed by atoms with Crippen LogP contribution in [0.3, 0.4) is 0 Å². The van der Waals surface area contributed by atoms with E-state index in [1.54, 1.807) is 13.1 Å². The van der Waals surface area contributed by atoms with Crippen LogP contribution in [-0.2, 0) is 26.4 Å². The first kappa shape index (κ1) is 21.4. The molecule has 0 aliphatic heterocycles. The zero-order chi connectivity index (χ0) is 22.7. The first-order chi connectivity index (χ1) is 14.4. The number of hydrogen-bond donors (Lipinski definition) is 0. The van der Waals surface area contributed by atoms with Crippen molar-refractivity contribution in [3.05, 3.63) is 29.7 Å². The standard InChI is InChI=1S/C18H14F6N6S/c1-4-31-12-7-11-9(26-16(29(11)2)18(22,23)24)5-8(12)14-25-10-6-13(17(19,20)21)27-28-15(10)30(14)3/h5-7H,4H2,1-3H3. The van der Waals surface area contributed by atoms with Gasteiger partial charge in [0.2, 0.25) is 5.82 Å². The van der Waals surface area contributed by atoms with Gasteiger partial charge in [-0.1, -0.05) is 6.92 Å². The second-order valence-corrected chi connectivity index (χ2v) is 8.00. The summed E-state index contributed by atoms with van der Waals surface area (Å²) >= 11 is 1.37. The Labute approximate surface area is 175 Å². The number of nitrogens with zero attached hydrogens (tertiary/aromatic N) is 6. The van der Waals surface area contributed by atoms with Crippen molar-refractivity contribution in [1.82, 2.24) is 29.3 Å². The van der Waals surface area contributed by atoms with Crippen LogP contribution < -0.4 is 0 Å². The molecule has 0 spiro atoms. The second kappa shape index (κ2) is 7.11. The van der Waals surface area contributed by atoms with E-state index in [0.717, 1.165) is 10.6 Å². The lowest BCUT2D eigenvalue weighted by Gasteiger charge is -2.10. The van der Waals surface area contributed by atoms with E-state index in [4.69, 9.17) is 0 Å². The minimum Gasteiger partial charge on any atom is -0.323 e. The molecule has 0 bridgehead atoms. The van der Waals surface area contributed by atoms with Crippen LogP contribution in [0.25, 0.3) is 33.6 Å². The molecule has 0 atom stereocenters. The summed E-state index contributed by atoms with van der Waals surface area (Å²) in [6.07, 6.45) is -9.31. The highest BCUT2D eigenvalue weighted by Crippen LogP contribution is 2.38. The Kier molecular flexibility index (Phi) is 4.91. The summed E-state index contributed by atoms with van der Waals surface area (Å²) in [5, 5.41) is 6.85. The first-order valence-electron chi connectivity index (χ1n) is 8.90. The molecule has 0 saturated heterocycles. The van der Waals surface area contributed by atoms with Crippen LogP contribution in [0.4, 0.5) is 26.3 Å². The predicted molar refractivity (Wildman–Crippen MR) is 102 cm³/mol. The van der Waals surface area contributed by atoms with E-state index in [2.05, 4.69) is 20.2 Å². The molecule has 0 N–H and O–H groups in total. The van der Waals surface area contributed by atoms with Crippen molar-refractivity contribution in [3.63, 3.8) is 0 Å². The monoisotopic (exact) mass is 460 g/mol. The van der Waals surface area contributed by atoms with E-state index in [1.807, 2.05) is 6.92 Å². The Morgan fingerprint density at radius 1 is 0.871 bits per heavy atom. The lowest BCUT2D eigenvalue weighted by atomic mass is 10.2. The fraction of sp³-hybridized carbons (Fsp3) is 0.333. The average Bonchev–Trinajstić information content (AvgIpc) is 3.18. The number of imidazole rings is 2. The normalized spacial score (nSPS) is 12.9. The highest BCUT2D eigenvalue weighted by Gasteiger charge is 2.37. The number of aromatic nitrogens is 6. The van der Waals surface area contributed by atoms with Gasteiger partial charge >= 0.3 is 12.4 Å². The van der Waals surface area contributed by atoms with Crippen LogP contribution in [0.1, 0.15) is 18.4 Å². The molecule has 6 nitrogen and oxygen atoms in total. The molecule has 4 rings (SSSR count). The molecule has 0 aliphatic rings. The Morgan fingerprint density at radius 3 is 2.19 bits per heavy atom. The summed E-state index contributed by atoms with van der Waals surface area (Å²) in [4.78, 5) is 8.61. The molecule has 4 aromatic rings. The SMILES string of the molecule is CCSc1cc2c(cc1-c1nc3cc(C(F)(F)F)nnc3n1C)nc(C(F)(F)F)n2C. The number of rotatable bonds is 3. The van der Waals surface area contributed by atoms with Crippen molar-refractivity contribution in [2.24, 2.45) is 14.1 Å². The largest absolute Gasteiger partial charge is 0.449 e. The average molecular weight is 460 g/mol. The first-order valence-corrected chi connectivity index (χ1v) is 9.88. The third kappa shape index (κ3) is 3.60. The van der Waals surface area contributed by atoms with Crippen LogP contribution in [0.2, 0.25) is 0 Å². The zero-order valence-corrected chi connectivity index (χ0v) is 17.1. The Balaban J connectivity index is 1.97. The van der Waals surface area contributed by atoms with E-state index in [-0.39, 0.29) is 28.0 Å². The summed E-state index contributed by atoms with van der Waals surface area (Å²) in [6, 6.07) is 3.83. The maximum absolute atomic E-state index is 13.3. The number of benzene rings is 1. The Morgan fingerprint density at radius 2 is 1.58 bits per heavy atom. The summed E-state index contributed by atoms with van der Waals surface area (Å²) < 4.78 is 81.2. The number of hydrogen-bond acceptors (Lipinski definition) is 5. The van der Waals surface area contributed by atoms with Gasteiger partial charge in [-0.25, -0.2) is 9.97 Å². The molecule has 0 radical (unpaired) electrons. The van der Waals surface area contributed by atoms with Crippen LogP contribution in [0, 0.1) is 0 Å². The maximum atomic E-state index is 13.3. The van der Waals surface area contributed by atoms with Crippen molar-refractivity contribution < 1.29 is 26.3 Å². The third-order valence-corrected chi connectivity index (χ3v) is 5.62. The minimum absolute atomic E-state index is 0.0237. The zero-order valence-electron chi connectivity index (χ0n) is 16.3. The van der Waals surface area contributed by atoms with Gasteiger partial charge in [0.1, 0.15) is 11.3 Å². The van der Waals surface area contributed by atoms with Gasteiger partial charge in [-0.05, 0) is 17.9 Å². The molecular weight excluding hydrogens is 446 g/mol. The molecule has 164 valence electrons. The van der Waals surface area contributed by atoms with Crippen molar-refractivity contribution in [2.45, 2.75) is 24.2 Å². The molecule has 0 saturated carbocycles. The molecule has 31 heavy (non-hydrogen) atoms. The highest BCUT2D eigenvalue weighted by molar-refractivity contribution is 7.99. The van der Waals surface area contributed by atoms with E-state index >= 15 is 0 Å². The number of aryl methyl sites for hydroxylation is 2. The van der Waals surface area contributed by atoms with Crippen LogP contribution >= 0.6 is 11.8 Å². The predicted octanol–water partition coefficient (Wildman–Crippen LogP) is 5.07. The van der Waals surface area contributed by atoms with E-state index in [9.17, 15) is 26.3 Å². The van der Waals surface area contributed by atoms with Gasteiger partial charge in [0.05, 0.1) is 11.0 Å². The minimum atomic E-state index is -4.68. The van der Waals surface area contributed by atoms with E-state index in [0.29, 0.717) is 16.2 Å². The number of halogens is 6. The molecule has 13 heteroatoms. The van der Waals surface area contributed by atoms with Crippen LogP contribution in [0.15, 0.2) is 23.1 Å². The van der Waals surface area contributed by atoms with Gasteiger partial charge in [-0.15, -0.1) is 22.0 Å². The molecule has 0 unspecified atom stereocenters. The molecule has 1 aromatic carbocycles. The van der Waals surface area contributed by atoms with Crippen molar-refractivity contribution in [3.8, 4) is 11.4 Å². The maximum Gasteiger partial charge on any atom is 0.449 e. The summed E-state index contributed by atoms with van der Waals surface area (Å²) in [5.74, 6) is -0.178. The molecule has 3 aromatic heterocycles. The fourth-order valence-corrected chi connectivity index (χ4v) is 4.10. The van der Waals surface area contributed by atoms with Gasteiger partial charge in [0.15, 0.2) is 11.3 Å². The number of thioether (sulfide) groups is 1. The van der Waals surface area contributed by atoms with Gasteiger partial charge in [0, 0.05) is 30.6 Å². The lowest BCUT2D eigenvalue weighted by Crippen LogP contribution is -2.12. The molecule has 0 fully saturated rings. The fourth-order valence-electron chi connectivity index (χ4n) is 3.29. The number of fused-ring (bicyclic) bond motifs is 2. The molecule has 0 aliphatic carbocycles. The second-order valence-electron chi connectivity index (χ2n) is 6.69. The smallest absolute Gasteiger partial charge is 0.323 e. The van der Waals surface area contributed by atoms with Gasteiger partial charge in [0.25, 0.3) is 0 Å². The van der Waals surface area contributed by atoms with E-state index < -0.39 is 23.9 Å². The van der Waals surface area contributed by atoms with Gasteiger partial charge in [-0.3, -0.25) is 0 Å². The van der Waals surface area contributed by atoms with Crippen LogP contribution in [-0.4, -0.2) is 35.1 Å². The lowest BCUT2D eigenvalue weighted by molar-refractivity contribution is -0.146. The quantitative estimate of drug-likeness (QED) is 0.316. The third-order valence-electron chi connectivity index (χ3n) is 4.68. The van der Waals surface area contributed by atoms with Crippen molar-refractivity contribution >= 4 is 34.0 Å². The molecular formula is C18H14F6N6S. The Bertz CT molecular complexity index is 1300. The summed E-state index contributed by atoms with van der Waals surface area (Å²) in [6.45, 7) is 1.87. The topological polar surface area (TPSA) is 61.4 Å². The van der Waals surface area contributed by atoms with Gasteiger partial charge < -0.3 is 9.13 Å². The highest BCUT2D eigenvalue weighted by atomic mass is 32.2. The van der Waals surface area contributed by atoms with Gasteiger partial charge in [-0.2, -0.15) is 26.3 Å². The Hall–Kier alpha value is -2.83. The number of alkyl halides is 6. The van der Waals surface area contributed by atoms with Crippen molar-refractivity contribution in [2.75, 3.05) is 5.75 Å². The van der Waals surface area contributed by atoms with Crippen LogP contribution in [0.5, 0.6) is 0 Å².